The maximum absolute atomic E-state index is 5.49. The first kappa shape index (κ1) is 12.9. The lowest BCUT2D eigenvalue weighted by Gasteiger charge is -2.19. The van der Waals surface area contributed by atoms with E-state index in [1.807, 2.05) is 0 Å². The molecule has 1 rings (SSSR count). The highest BCUT2D eigenvalue weighted by molar-refractivity contribution is 4.80. The van der Waals surface area contributed by atoms with Gasteiger partial charge in [0, 0.05) is 19.2 Å². The fourth-order valence-corrected chi connectivity index (χ4v) is 2.21. The number of methoxy groups -OCH3 is 1. The number of hydrogen-bond acceptors (Lipinski definition) is 3. The monoisotopic (exact) mass is 215 g/mol. The van der Waals surface area contributed by atoms with Crippen LogP contribution in [0.3, 0.4) is 0 Å². The first-order chi connectivity index (χ1) is 7.22. The van der Waals surface area contributed by atoms with Crippen molar-refractivity contribution in [2.24, 2.45) is 5.92 Å². The minimum absolute atomic E-state index is 0.456. The Labute approximate surface area is 93.5 Å². The zero-order chi connectivity index (χ0) is 11.1. The van der Waals surface area contributed by atoms with Crippen molar-refractivity contribution < 1.29 is 9.47 Å². The molecule has 0 aromatic rings. The molecule has 0 bridgehead atoms. The van der Waals surface area contributed by atoms with Crippen LogP contribution in [0.2, 0.25) is 0 Å². The molecule has 0 aliphatic heterocycles. The third-order valence-electron chi connectivity index (χ3n) is 3.01. The van der Waals surface area contributed by atoms with Crippen LogP contribution in [0.1, 0.15) is 33.1 Å². The Morgan fingerprint density at radius 3 is 2.73 bits per heavy atom. The van der Waals surface area contributed by atoms with Crippen LogP contribution in [0.25, 0.3) is 0 Å². The summed E-state index contributed by atoms with van der Waals surface area (Å²) >= 11 is 0. The first-order valence-electron chi connectivity index (χ1n) is 6.05. The van der Waals surface area contributed by atoms with E-state index in [9.17, 15) is 0 Å². The second-order valence-corrected chi connectivity index (χ2v) is 4.75. The summed E-state index contributed by atoms with van der Waals surface area (Å²) in [4.78, 5) is 0. The van der Waals surface area contributed by atoms with Crippen molar-refractivity contribution in [3.05, 3.63) is 0 Å². The Morgan fingerprint density at radius 2 is 2.13 bits per heavy atom. The predicted molar refractivity (Wildman–Crippen MR) is 62.1 cm³/mol. The Kier molecular flexibility index (Phi) is 6.22. The van der Waals surface area contributed by atoms with Gasteiger partial charge in [-0.2, -0.15) is 0 Å². The van der Waals surface area contributed by atoms with Crippen molar-refractivity contribution in [2.45, 2.75) is 45.2 Å². The van der Waals surface area contributed by atoms with Gasteiger partial charge in [0.2, 0.25) is 0 Å². The molecule has 3 unspecified atom stereocenters. The third-order valence-corrected chi connectivity index (χ3v) is 3.01. The molecule has 1 fully saturated rings. The Morgan fingerprint density at radius 1 is 1.33 bits per heavy atom. The normalized spacial score (nSPS) is 28.2. The summed E-state index contributed by atoms with van der Waals surface area (Å²) in [6.45, 7) is 6.70. The minimum Gasteiger partial charge on any atom is -0.382 e. The molecule has 90 valence electrons. The van der Waals surface area contributed by atoms with Gasteiger partial charge in [-0.15, -0.1) is 0 Å². The fraction of sp³-hybridized carbons (Fsp3) is 1.00. The van der Waals surface area contributed by atoms with E-state index in [1.54, 1.807) is 7.11 Å². The van der Waals surface area contributed by atoms with E-state index in [2.05, 4.69) is 19.2 Å². The van der Waals surface area contributed by atoms with Gasteiger partial charge in [-0.25, -0.2) is 0 Å². The average molecular weight is 215 g/mol. The maximum atomic E-state index is 5.49. The fourth-order valence-electron chi connectivity index (χ4n) is 2.21. The quantitative estimate of drug-likeness (QED) is 0.657. The van der Waals surface area contributed by atoms with Gasteiger partial charge in [0.1, 0.15) is 0 Å². The molecular weight excluding hydrogens is 190 g/mol. The van der Waals surface area contributed by atoms with E-state index in [0.717, 1.165) is 12.5 Å². The lowest BCUT2D eigenvalue weighted by Crippen LogP contribution is -2.38. The summed E-state index contributed by atoms with van der Waals surface area (Å²) in [6.07, 6.45) is 4.01. The van der Waals surface area contributed by atoms with Gasteiger partial charge in [-0.3, -0.25) is 0 Å². The van der Waals surface area contributed by atoms with Crippen molar-refractivity contribution in [3.8, 4) is 0 Å². The molecule has 3 atom stereocenters. The Bertz CT molecular complexity index is 164. The molecule has 1 saturated carbocycles. The molecule has 3 heteroatoms. The number of rotatable bonds is 7. The number of nitrogens with one attached hydrogen (secondary N) is 1. The molecule has 0 spiro atoms. The highest BCUT2D eigenvalue weighted by atomic mass is 16.5. The molecule has 0 saturated heterocycles. The summed E-state index contributed by atoms with van der Waals surface area (Å²) in [5, 5.41) is 3.62. The summed E-state index contributed by atoms with van der Waals surface area (Å²) < 4.78 is 10.4. The molecule has 0 radical (unpaired) electrons. The summed E-state index contributed by atoms with van der Waals surface area (Å²) in [5.41, 5.74) is 0. The van der Waals surface area contributed by atoms with E-state index in [1.165, 1.54) is 19.3 Å². The molecule has 0 heterocycles. The van der Waals surface area contributed by atoms with E-state index >= 15 is 0 Å². The lowest BCUT2D eigenvalue weighted by molar-refractivity contribution is 0.0594. The van der Waals surface area contributed by atoms with Crippen LogP contribution in [-0.2, 0) is 9.47 Å². The smallest absolute Gasteiger partial charge is 0.0701 e. The second-order valence-electron chi connectivity index (χ2n) is 4.75. The van der Waals surface area contributed by atoms with Crippen molar-refractivity contribution in [1.82, 2.24) is 5.32 Å². The summed E-state index contributed by atoms with van der Waals surface area (Å²) in [5.74, 6) is 0.893. The molecule has 0 aromatic heterocycles. The van der Waals surface area contributed by atoms with Crippen LogP contribution in [-0.4, -0.2) is 39.0 Å². The second kappa shape index (κ2) is 7.20. The molecule has 0 amide bonds. The predicted octanol–water partition coefficient (Wildman–Crippen LogP) is 1.82. The van der Waals surface area contributed by atoms with E-state index in [-0.39, 0.29) is 0 Å². The van der Waals surface area contributed by atoms with E-state index < -0.39 is 0 Å². The van der Waals surface area contributed by atoms with Crippen molar-refractivity contribution >= 4 is 0 Å². The van der Waals surface area contributed by atoms with E-state index in [0.29, 0.717) is 25.3 Å². The molecule has 1 N–H and O–H groups in total. The van der Waals surface area contributed by atoms with Gasteiger partial charge < -0.3 is 14.8 Å². The highest BCUT2D eigenvalue weighted by Gasteiger charge is 2.22. The Hall–Kier alpha value is -0.120. The third kappa shape index (κ3) is 5.50. The highest BCUT2D eigenvalue weighted by Crippen LogP contribution is 2.24. The van der Waals surface area contributed by atoms with Gasteiger partial charge in [0.15, 0.2) is 0 Å². The van der Waals surface area contributed by atoms with Crippen LogP contribution in [0.5, 0.6) is 0 Å². The van der Waals surface area contributed by atoms with Gasteiger partial charge >= 0.3 is 0 Å². The van der Waals surface area contributed by atoms with Crippen LogP contribution >= 0.6 is 0 Å². The van der Waals surface area contributed by atoms with Gasteiger partial charge in [-0.05, 0) is 32.1 Å². The average Bonchev–Trinajstić information content (AvgIpc) is 2.59. The molecular formula is C12H25NO2. The molecule has 1 aliphatic carbocycles. The van der Waals surface area contributed by atoms with Crippen LogP contribution < -0.4 is 5.32 Å². The standard InChI is InChI=1S/C12H25NO2/c1-10-4-5-12(8-10)13-11(2)9-15-7-6-14-3/h10-13H,4-9H2,1-3H3. The van der Waals surface area contributed by atoms with E-state index in [4.69, 9.17) is 9.47 Å². The number of ether oxygens (including phenoxy) is 2. The zero-order valence-electron chi connectivity index (χ0n) is 10.3. The largest absolute Gasteiger partial charge is 0.382 e. The first-order valence-corrected chi connectivity index (χ1v) is 6.05. The zero-order valence-corrected chi connectivity index (χ0v) is 10.3. The molecule has 3 nitrogen and oxygen atoms in total. The van der Waals surface area contributed by atoms with Gasteiger partial charge in [0.05, 0.1) is 19.8 Å². The molecule has 1 aliphatic rings. The maximum Gasteiger partial charge on any atom is 0.0701 e. The van der Waals surface area contributed by atoms with Crippen molar-refractivity contribution in [3.63, 3.8) is 0 Å². The topological polar surface area (TPSA) is 30.5 Å². The van der Waals surface area contributed by atoms with Crippen LogP contribution in [0.4, 0.5) is 0 Å². The van der Waals surface area contributed by atoms with Crippen LogP contribution in [0, 0.1) is 5.92 Å². The van der Waals surface area contributed by atoms with Crippen LogP contribution in [0.15, 0.2) is 0 Å². The van der Waals surface area contributed by atoms with Gasteiger partial charge in [-0.1, -0.05) is 6.92 Å². The number of hydrogen-bond donors (Lipinski definition) is 1. The SMILES string of the molecule is COCCOCC(C)NC1CCC(C)C1. The summed E-state index contributed by atoms with van der Waals surface area (Å²) in [7, 11) is 1.70. The molecule has 0 aromatic carbocycles. The van der Waals surface area contributed by atoms with Gasteiger partial charge in [0.25, 0.3) is 0 Å². The lowest BCUT2D eigenvalue weighted by atomic mass is 10.1. The molecule has 15 heavy (non-hydrogen) atoms. The van der Waals surface area contributed by atoms with Crippen molar-refractivity contribution in [1.29, 1.82) is 0 Å². The minimum atomic E-state index is 0.456. The van der Waals surface area contributed by atoms with Crippen molar-refractivity contribution in [2.75, 3.05) is 26.9 Å². The summed E-state index contributed by atoms with van der Waals surface area (Å²) in [6, 6.07) is 1.16. The Balaban J connectivity index is 2.00.